The number of ether oxygens (including phenoxy) is 1. The minimum atomic E-state index is -0.225. The SMILES string of the molecule is O=[N+]([O-])c1cc(CCCN2CCOCC2)ccc1N1CCN(Cc2ccccc2)CC1. The molecule has 2 aromatic rings. The Labute approximate surface area is 184 Å². The second-order valence-electron chi connectivity index (χ2n) is 8.39. The summed E-state index contributed by atoms with van der Waals surface area (Å²) in [5, 5.41) is 11.8. The fourth-order valence-electron chi connectivity index (χ4n) is 4.46. The average Bonchev–Trinajstić information content (AvgIpc) is 2.81. The molecule has 0 spiro atoms. The molecule has 31 heavy (non-hydrogen) atoms. The zero-order valence-corrected chi connectivity index (χ0v) is 18.1. The number of hydrogen-bond donors (Lipinski definition) is 0. The van der Waals surface area contributed by atoms with Gasteiger partial charge in [-0.25, -0.2) is 0 Å². The summed E-state index contributed by atoms with van der Waals surface area (Å²) in [6.45, 7) is 8.96. The van der Waals surface area contributed by atoms with E-state index in [1.165, 1.54) is 5.56 Å². The molecule has 0 aliphatic carbocycles. The summed E-state index contributed by atoms with van der Waals surface area (Å²) >= 11 is 0. The Bertz CT molecular complexity index is 847. The summed E-state index contributed by atoms with van der Waals surface area (Å²) < 4.78 is 5.39. The quantitative estimate of drug-likeness (QED) is 0.479. The number of anilines is 1. The summed E-state index contributed by atoms with van der Waals surface area (Å²) in [4.78, 5) is 18.5. The molecule has 0 saturated carbocycles. The van der Waals surface area contributed by atoms with Crippen molar-refractivity contribution in [3.8, 4) is 0 Å². The molecule has 2 aliphatic rings. The fourth-order valence-corrected chi connectivity index (χ4v) is 4.46. The van der Waals surface area contributed by atoms with E-state index >= 15 is 0 Å². The molecular weight excluding hydrogens is 392 g/mol. The maximum absolute atomic E-state index is 11.8. The van der Waals surface area contributed by atoms with E-state index in [1.54, 1.807) is 6.07 Å². The maximum Gasteiger partial charge on any atom is 0.292 e. The van der Waals surface area contributed by atoms with Crippen molar-refractivity contribution in [2.45, 2.75) is 19.4 Å². The third-order valence-electron chi connectivity index (χ3n) is 6.24. The topological polar surface area (TPSA) is 62.1 Å². The van der Waals surface area contributed by atoms with Crippen molar-refractivity contribution < 1.29 is 9.66 Å². The molecule has 0 bridgehead atoms. The first-order chi connectivity index (χ1) is 15.2. The summed E-state index contributed by atoms with van der Waals surface area (Å²) in [5.74, 6) is 0. The number of piperazine rings is 1. The van der Waals surface area contributed by atoms with Gasteiger partial charge in [0.05, 0.1) is 18.1 Å². The van der Waals surface area contributed by atoms with Crippen LogP contribution in [0.3, 0.4) is 0 Å². The van der Waals surface area contributed by atoms with E-state index in [1.807, 2.05) is 12.1 Å². The molecular formula is C24H32N4O3. The molecule has 2 saturated heterocycles. The molecule has 0 aromatic heterocycles. The first-order valence-electron chi connectivity index (χ1n) is 11.3. The van der Waals surface area contributed by atoms with Gasteiger partial charge in [-0.3, -0.25) is 19.9 Å². The number of aryl methyl sites for hydroxylation is 1. The van der Waals surface area contributed by atoms with Gasteiger partial charge in [0.15, 0.2) is 0 Å². The lowest BCUT2D eigenvalue weighted by atomic mass is 10.1. The molecule has 0 unspecified atom stereocenters. The van der Waals surface area contributed by atoms with Crippen molar-refractivity contribution in [2.75, 3.05) is 63.9 Å². The zero-order chi connectivity index (χ0) is 21.5. The van der Waals surface area contributed by atoms with E-state index in [0.29, 0.717) is 0 Å². The normalized spacial score (nSPS) is 18.3. The first kappa shape index (κ1) is 21.7. The molecule has 4 rings (SSSR count). The van der Waals surface area contributed by atoms with Crippen molar-refractivity contribution in [1.29, 1.82) is 0 Å². The fraction of sp³-hybridized carbons (Fsp3) is 0.500. The molecule has 0 radical (unpaired) electrons. The molecule has 7 heteroatoms. The van der Waals surface area contributed by atoms with Gasteiger partial charge in [-0.05, 0) is 36.6 Å². The lowest BCUT2D eigenvalue weighted by Gasteiger charge is -2.35. The summed E-state index contributed by atoms with van der Waals surface area (Å²) in [6, 6.07) is 16.3. The largest absolute Gasteiger partial charge is 0.379 e. The number of nitro benzene ring substituents is 1. The smallest absolute Gasteiger partial charge is 0.292 e. The number of benzene rings is 2. The highest BCUT2D eigenvalue weighted by Gasteiger charge is 2.24. The van der Waals surface area contributed by atoms with Crippen molar-refractivity contribution in [3.63, 3.8) is 0 Å². The molecule has 2 heterocycles. The Morgan fingerprint density at radius 3 is 2.32 bits per heavy atom. The van der Waals surface area contributed by atoms with Crippen molar-refractivity contribution >= 4 is 11.4 Å². The van der Waals surface area contributed by atoms with Crippen LogP contribution < -0.4 is 4.90 Å². The lowest BCUT2D eigenvalue weighted by Crippen LogP contribution is -2.46. The van der Waals surface area contributed by atoms with Gasteiger partial charge >= 0.3 is 0 Å². The standard InChI is InChI=1S/C24H32N4O3/c29-28(30)24-19-21(7-4-10-25-15-17-31-18-16-25)8-9-23(24)27-13-11-26(12-14-27)20-22-5-2-1-3-6-22/h1-3,5-6,8-9,19H,4,7,10-18,20H2. The van der Waals surface area contributed by atoms with Crippen LogP contribution in [0.4, 0.5) is 11.4 Å². The third-order valence-corrected chi connectivity index (χ3v) is 6.24. The van der Waals surface area contributed by atoms with Crippen LogP contribution in [0.2, 0.25) is 0 Å². The summed E-state index contributed by atoms with van der Waals surface area (Å²) in [6.07, 6.45) is 1.87. The van der Waals surface area contributed by atoms with Crippen LogP contribution in [0.1, 0.15) is 17.5 Å². The average molecular weight is 425 g/mol. The van der Waals surface area contributed by atoms with Gasteiger partial charge < -0.3 is 9.64 Å². The highest BCUT2D eigenvalue weighted by molar-refractivity contribution is 5.64. The zero-order valence-electron chi connectivity index (χ0n) is 18.1. The van der Waals surface area contributed by atoms with Crippen LogP contribution in [0.5, 0.6) is 0 Å². The Morgan fingerprint density at radius 2 is 1.61 bits per heavy atom. The van der Waals surface area contributed by atoms with E-state index in [0.717, 1.165) is 89.7 Å². The maximum atomic E-state index is 11.8. The van der Waals surface area contributed by atoms with E-state index in [4.69, 9.17) is 4.74 Å². The van der Waals surface area contributed by atoms with Crippen LogP contribution in [0.25, 0.3) is 0 Å². The monoisotopic (exact) mass is 424 g/mol. The van der Waals surface area contributed by atoms with Gasteiger partial charge in [-0.2, -0.15) is 0 Å². The highest BCUT2D eigenvalue weighted by atomic mass is 16.6. The minimum absolute atomic E-state index is 0.225. The van der Waals surface area contributed by atoms with Crippen LogP contribution in [0.15, 0.2) is 48.5 Å². The van der Waals surface area contributed by atoms with Crippen LogP contribution in [-0.4, -0.2) is 73.8 Å². The number of nitro groups is 1. The lowest BCUT2D eigenvalue weighted by molar-refractivity contribution is -0.384. The van der Waals surface area contributed by atoms with E-state index in [-0.39, 0.29) is 10.6 Å². The number of rotatable bonds is 8. The molecule has 7 nitrogen and oxygen atoms in total. The minimum Gasteiger partial charge on any atom is -0.379 e. The molecule has 0 amide bonds. The van der Waals surface area contributed by atoms with Gasteiger partial charge in [0.1, 0.15) is 5.69 Å². The van der Waals surface area contributed by atoms with Crippen LogP contribution in [-0.2, 0) is 17.7 Å². The summed E-state index contributed by atoms with van der Waals surface area (Å²) in [7, 11) is 0. The van der Waals surface area contributed by atoms with Crippen molar-refractivity contribution in [3.05, 3.63) is 69.8 Å². The predicted molar refractivity (Wildman–Crippen MR) is 123 cm³/mol. The van der Waals surface area contributed by atoms with E-state index in [2.05, 4.69) is 45.0 Å². The Hall–Kier alpha value is -2.48. The second kappa shape index (κ2) is 10.7. The van der Waals surface area contributed by atoms with Gasteiger partial charge in [-0.15, -0.1) is 0 Å². The van der Waals surface area contributed by atoms with Crippen molar-refractivity contribution in [1.82, 2.24) is 9.80 Å². The summed E-state index contributed by atoms with van der Waals surface area (Å²) in [5.41, 5.74) is 3.34. The molecule has 166 valence electrons. The molecule has 2 fully saturated rings. The molecule has 2 aromatic carbocycles. The van der Waals surface area contributed by atoms with Gasteiger partial charge in [0.25, 0.3) is 5.69 Å². The second-order valence-corrected chi connectivity index (χ2v) is 8.39. The van der Waals surface area contributed by atoms with E-state index in [9.17, 15) is 10.1 Å². The highest BCUT2D eigenvalue weighted by Crippen LogP contribution is 2.30. The van der Waals surface area contributed by atoms with Crippen LogP contribution >= 0.6 is 0 Å². The Morgan fingerprint density at radius 1 is 0.871 bits per heavy atom. The van der Waals surface area contributed by atoms with Gasteiger partial charge in [0, 0.05) is 51.9 Å². The molecule has 2 aliphatic heterocycles. The van der Waals surface area contributed by atoms with Gasteiger partial charge in [0.2, 0.25) is 0 Å². The molecule has 0 N–H and O–H groups in total. The Kier molecular flexibility index (Phi) is 7.51. The Balaban J connectivity index is 1.33. The number of morpholine rings is 1. The number of nitrogens with zero attached hydrogens (tertiary/aromatic N) is 4. The molecule has 0 atom stereocenters. The number of hydrogen-bond acceptors (Lipinski definition) is 6. The van der Waals surface area contributed by atoms with Crippen LogP contribution in [0, 0.1) is 10.1 Å². The van der Waals surface area contributed by atoms with Gasteiger partial charge in [-0.1, -0.05) is 36.4 Å². The van der Waals surface area contributed by atoms with Crippen molar-refractivity contribution in [2.24, 2.45) is 0 Å². The predicted octanol–water partition coefficient (Wildman–Crippen LogP) is 3.18. The first-order valence-corrected chi connectivity index (χ1v) is 11.3. The van der Waals surface area contributed by atoms with E-state index < -0.39 is 0 Å². The third kappa shape index (κ3) is 6.03.